The van der Waals surface area contributed by atoms with Crippen LogP contribution >= 0.6 is 23.1 Å². The second-order valence-corrected chi connectivity index (χ2v) is 5.01. The van der Waals surface area contributed by atoms with Crippen molar-refractivity contribution in [1.29, 1.82) is 5.26 Å². The highest BCUT2D eigenvalue weighted by Crippen LogP contribution is 2.24. The quantitative estimate of drug-likeness (QED) is 0.787. The summed E-state index contributed by atoms with van der Waals surface area (Å²) < 4.78 is 13.9. The van der Waals surface area contributed by atoms with E-state index in [2.05, 4.69) is 10.2 Å². The third kappa shape index (κ3) is 2.78. The van der Waals surface area contributed by atoms with Crippen molar-refractivity contribution in [1.82, 2.24) is 10.2 Å². The fourth-order valence-corrected chi connectivity index (χ4v) is 2.59. The first kappa shape index (κ1) is 11.0. The summed E-state index contributed by atoms with van der Waals surface area (Å²) in [4.78, 5) is 0. The molecule has 0 saturated heterocycles. The van der Waals surface area contributed by atoms with Gasteiger partial charge in [0.15, 0.2) is 4.34 Å². The monoisotopic (exact) mass is 251 g/mol. The zero-order valence-corrected chi connectivity index (χ0v) is 9.69. The summed E-state index contributed by atoms with van der Waals surface area (Å²) in [6.07, 6.45) is 0. The second-order valence-electron chi connectivity index (χ2n) is 2.95. The molecule has 80 valence electrons. The lowest BCUT2D eigenvalue weighted by molar-refractivity contribution is 0.626. The standard InChI is InChI=1S/C10H6FN3S2/c11-9-2-7(4-12)1-8(3-9)5-15-10-14-13-6-16-10/h1-3,6H,5H2. The Kier molecular flexibility index (Phi) is 3.49. The topological polar surface area (TPSA) is 49.6 Å². The lowest BCUT2D eigenvalue weighted by atomic mass is 10.1. The minimum atomic E-state index is -0.382. The summed E-state index contributed by atoms with van der Waals surface area (Å²) in [6, 6.07) is 6.25. The van der Waals surface area contributed by atoms with Crippen LogP contribution in [0.1, 0.15) is 11.1 Å². The number of rotatable bonds is 3. The number of benzene rings is 1. The van der Waals surface area contributed by atoms with Crippen LogP contribution in [0.2, 0.25) is 0 Å². The van der Waals surface area contributed by atoms with Crippen molar-refractivity contribution >= 4 is 23.1 Å². The summed E-state index contributed by atoms with van der Waals surface area (Å²) in [5.74, 6) is 0.202. The van der Waals surface area contributed by atoms with Gasteiger partial charge in [0.2, 0.25) is 0 Å². The van der Waals surface area contributed by atoms with Gasteiger partial charge in [-0.05, 0) is 23.8 Å². The van der Waals surface area contributed by atoms with Crippen LogP contribution in [0.25, 0.3) is 0 Å². The van der Waals surface area contributed by atoms with Crippen molar-refractivity contribution in [3.05, 3.63) is 40.7 Å². The maximum Gasteiger partial charge on any atom is 0.174 e. The maximum atomic E-state index is 13.1. The number of thioether (sulfide) groups is 1. The molecule has 0 atom stereocenters. The highest BCUT2D eigenvalue weighted by atomic mass is 32.2. The molecule has 0 bridgehead atoms. The predicted octanol–water partition coefficient (Wildman–Crippen LogP) is 2.84. The van der Waals surface area contributed by atoms with E-state index in [1.165, 1.54) is 35.2 Å². The SMILES string of the molecule is N#Cc1cc(F)cc(CSc2nncs2)c1. The molecule has 2 aromatic rings. The van der Waals surface area contributed by atoms with Crippen LogP contribution in [0.4, 0.5) is 4.39 Å². The third-order valence-corrected chi connectivity index (χ3v) is 3.72. The van der Waals surface area contributed by atoms with E-state index >= 15 is 0 Å². The van der Waals surface area contributed by atoms with Gasteiger partial charge in [-0.15, -0.1) is 10.2 Å². The Morgan fingerprint density at radius 2 is 2.31 bits per heavy atom. The van der Waals surface area contributed by atoms with E-state index in [4.69, 9.17) is 5.26 Å². The van der Waals surface area contributed by atoms with Gasteiger partial charge in [-0.1, -0.05) is 23.1 Å². The van der Waals surface area contributed by atoms with Crippen LogP contribution in [0.15, 0.2) is 28.0 Å². The van der Waals surface area contributed by atoms with E-state index < -0.39 is 0 Å². The number of halogens is 1. The predicted molar refractivity (Wildman–Crippen MR) is 60.6 cm³/mol. The highest BCUT2D eigenvalue weighted by molar-refractivity contribution is 8.00. The first-order valence-corrected chi connectivity index (χ1v) is 6.23. The number of aromatic nitrogens is 2. The number of hydrogen-bond donors (Lipinski definition) is 0. The molecule has 0 saturated carbocycles. The van der Waals surface area contributed by atoms with Gasteiger partial charge in [0, 0.05) is 5.75 Å². The van der Waals surface area contributed by atoms with Gasteiger partial charge in [0.25, 0.3) is 0 Å². The molecule has 16 heavy (non-hydrogen) atoms. The molecule has 2 rings (SSSR count). The van der Waals surface area contributed by atoms with Crippen molar-refractivity contribution in [3.63, 3.8) is 0 Å². The van der Waals surface area contributed by atoms with Crippen molar-refractivity contribution in [2.24, 2.45) is 0 Å². The van der Waals surface area contributed by atoms with Crippen LogP contribution in [-0.2, 0) is 5.75 Å². The molecule has 1 aromatic carbocycles. The molecule has 0 fully saturated rings. The Hall–Kier alpha value is -1.45. The largest absolute Gasteiger partial charge is 0.207 e. The van der Waals surface area contributed by atoms with Gasteiger partial charge in [-0.25, -0.2) is 4.39 Å². The van der Waals surface area contributed by atoms with E-state index in [1.807, 2.05) is 6.07 Å². The van der Waals surface area contributed by atoms with E-state index in [0.717, 1.165) is 9.90 Å². The summed E-state index contributed by atoms with van der Waals surface area (Å²) in [6.45, 7) is 0. The molecule has 6 heteroatoms. The molecular weight excluding hydrogens is 245 g/mol. The zero-order chi connectivity index (χ0) is 11.4. The maximum absolute atomic E-state index is 13.1. The van der Waals surface area contributed by atoms with Crippen LogP contribution in [-0.4, -0.2) is 10.2 Å². The van der Waals surface area contributed by atoms with Crippen LogP contribution in [0.5, 0.6) is 0 Å². The molecular formula is C10H6FN3S2. The Morgan fingerprint density at radius 1 is 1.44 bits per heavy atom. The Bertz CT molecular complexity index is 519. The van der Waals surface area contributed by atoms with Gasteiger partial charge >= 0.3 is 0 Å². The second kappa shape index (κ2) is 5.05. The molecule has 1 heterocycles. The van der Waals surface area contributed by atoms with Gasteiger partial charge in [0.1, 0.15) is 11.3 Å². The fraction of sp³-hybridized carbons (Fsp3) is 0.100. The smallest absolute Gasteiger partial charge is 0.174 e. The van der Waals surface area contributed by atoms with Crippen molar-refractivity contribution in [3.8, 4) is 6.07 Å². The van der Waals surface area contributed by atoms with E-state index in [9.17, 15) is 4.39 Å². The van der Waals surface area contributed by atoms with Crippen molar-refractivity contribution in [2.45, 2.75) is 10.1 Å². The number of hydrogen-bond acceptors (Lipinski definition) is 5. The normalized spacial score (nSPS) is 10.0. The van der Waals surface area contributed by atoms with Gasteiger partial charge in [0.05, 0.1) is 11.6 Å². The molecule has 0 N–H and O–H groups in total. The summed E-state index contributed by atoms with van der Waals surface area (Å²) in [5.41, 5.74) is 2.76. The average molecular weight is 251 g/mol. The van der Waals surface area contributed by atoms with E-state index in [0.29, 0.717) is 11.3 Å². The van der Waals surface area contributed by atoms with Crippen LogP contribution in [0.3, 0.4) is 0 Å². The van der Waals surface area contributed by atoms with Crippen molar-refractivity contribution < 1.29 is 4.39 Å². The van der Waals surface area contributed by atoms with E-state index in [1.54, 1.807) is 11.6 Å². The zero-order valence-electron chi connectivity index (χ0n) is 8.05. The summed E-state index contributed by atoms with van der Waals surface area (Å²) >= 11 is 2.92. The number of nitriles is 1. The van der Waals surface area contributed by atoms with Gasteiger partial charge < -0.3 is 0 Å². The minimum absolute atomic E-state index is 0.341. The minimum Gasteiger partial charge on any atom is -0.207 e. The first-order valence-electron chi connectivity index (χ1n) is 4.36. The molecule has 0 spiro atoms. The van der Waals surface area contributed by atoms with Crippen molar-refractivity contribution in [2.75, 3.05) is 0 Å². The highest BCUT2D eigenvalue weighted by Gasteiger charge is 2.03. The summed E-state index contributed by atoms with van der Waals surface area (Å²) in [7, 11) is 0. The Morgan fingerprint density at radius 3 is 3.00 bits per heavy atom. The van der Waals surface area contributed by atoms with Gasteiger partial charge in [-0.2, -0.15) is 5.26 Å². The molecule has 0 unspecified atom stereocenters. The number of nitrogens with zero attached hydrogens (tertiary/aromatic N) is 3. The van der Waals surface area contributed by atoms with Crippen LogP contribution < -0.4 is 0 Å². The average Bonchev–Trinajstić information content (AvgIpc) is 2.78. The molecule has 3 nitrogen and oxygen atoms in total. The molecule has 0 amide bonds. The fourth-order valence-electron chi connectivity index (χ4n) is 1.17. The third-order valence-electron chi connectivity index (χ3n) is 1.79. The molecule has 0 aliphatic heterocycles. The summed E-state index contributed by atoms with van der Waals surface area (Å²) in [5, 5.41) is 16.3. The lowest BCUT2D eigenvalue weighted by Crippen LogP contribution is -1.86. The Labute approximate surface area is 99.9 Å². The Balaban J connectivity index is 2.10. The van der Waals surface area contributed by atoms with Crippen LogP contribution in [0, 0.1) is 17.1 Å². The molecule has 0 aliphatic rings. The molecule has 0 aliphatic carbocycles. The lowest BCUT2D eigenvalue weighted by Gasteiger charge is -2.00. The molecule has 0 radical (unpaired) electrons. The first-order chi connectivity index (χ1) is 7.78. The molecule has 1 aromatic heterocycles. The van der Waals surface area contributed by atoms with Gasteiger partial charge in [-0.3, -0.25) is 0 Å². The van der Waals surface area contributed by atoms with E-state index in [-0.39, 0.29) is 5.82 Å².